The predicted molar refractivity (Wildman–Crippen MR) is 63.7 cm³/mol. The molecule has 3 heterocycles. The number of allylic oxidation sites excluding steroid dienone is 1. The van der Waals surface area contributed by atoms with Crippen LogP contribution in [0.3, 0.4) is 0 Å². The standard InChI is InChI=1S/C12H11N5/c1-16-8-11(13-9-16)3-2-10-5-7-17-12(15-10)4-6-14-17/h4-8,13H,9H2,1H3. The van der Waals surface area contributed by atoms with Gasteiger partial charge in [0.1, 0.15) is 11.4 Å². The molecular weight excluding hydrogens is 214 g/mol. The molecule has 0 radical (unpaired) electrons. The van der Waals surface area contributed by atoms with Gasteiger partial charge in [0.2, 0.25) is 0 Å². The minimum Gasteiger partial charge on any atom is -0.361 e. The molecule has 0 aliphatic carbocycles. The second-order valence-corrected chi connectivity index (χ2v) is 3.83. The first-order valence-electron chi connectivity index (χ1n) is 5.30. The molecular formula is C12H11N5. The summed E-state index contributed by atoms with van der Waals surface area (Å²) in [6, 6.07) is 3.71. The summed E-state index contributed by atoms with van der Waals surface area (Å²) < 4.78 is 1.71. The Labute approximate surface area is 98.8 Å². The lowest BCUT2D eigenvalue weighted by molar-refractivity contribution is 0.474. The van der Waals surface area contributed by atoms with Crippen LogP contribution >= 0.6 is 0 Å². The summed E-state index contributed by atoms with van der Waals surface area (Å²) in [5.74, 6) is 6.08. The Kier molecular flexibility index (Phi) is 2.19. The molecule has 0 saturated carbocycles. The highest BCUT2D eigenvalue weighted by Crippen LogP contribution is 2.01. The minimum absolute atomic E-state index is 0.746. The fourth-order valence-corrected chi connectivity index (χ4v) is 1.61. The van der Waals surface area contributed by atoms with Crippen molar-refractivity contribution in [2.45, 2.75) is 0 Å². The van der Waals surface area contributed by atoms with E-state index < -0.39 is 0 Å². The van der Waals surface area contributed by atoms with Crippen LogP contribution in [0.4, 0.5) is 0 Å². The van der Waals surface area contributed by atoms with Gasteiger partial charge in [-0.2, -0.15) is 5.10 Å². The Morgan fingerprint density at radius 2 is 2.29 bits per heavy atom. The molecule has 0 unspecified atom stereocenters. The molecule has 5 heteroatoms. The number of aromatic nitrogens is 3. The molecule has 84 valence electrons. The maximum Gasteiger partial charge on any atom is 0.156 e. The zero-order chi connectivity index (χ0) is 11.7. The van der Waals surface area contributed by atoms with Crippen LogP contribution in [0.2, 0.25) is 0 Å². The third-order valence-electron chi connectivity index (χ3n) is 2.45. The van der Waals surface area contributed by atoms with Gasteiger partial charge in [-0.15, -0.1) is 0 Å². The SMILES string of the molecule is CN1C=C(C#Cc2ccn3nccc3n2)NC1. The van der Waals surface area contributed by atoms with E-state index in [0.717, 1.165) is 23.7 Å². The molecule has 1 aliphatic rings. The van der Waals surface area contributed by atoms with Gasteiger partial charge in [0, 0.05) is 25.5 Å². The van der Waals surface area contributed by atoms with E-state index in [0.29, 0.717) is 0 Å². The Morgan fingerprint density at radius 3 is 3.12 bits per heavy atom. The molecule has 0 atom stereocenters. The number of hydrogen-bond acceptors (Lipinski definition) is 4. The maximum absolute atomic E-state index is 4.37. The van der Waals surface area contributed by atoms with Gasteiger partial charge in [0.25, 0.3) is 0 Å². The van der Waals surface area contributed by atoms with Crippen molar-refractivity contribution in [3.8, 4) is 11.8 Å². The quantitative estimate of drug-likeness (QED) is 0.660. The second-order valence-electron chi connectivity index (χ2n) is 3.83. The van der Waals surface area contributed by atoms with Gasteiger partial charge in [-0.3, -0.25) is 0 Å². The van der Waals surface area contributed by atoms with E-state index in [1.165, 1.54) is 0 Å². The van der Waals surface area contributed by atoms with Gasteiger partial charge in [-0.05, 0) is 17.9 Å². The summed E-state index contributed by atoms with van der Waals surface area (Å²) >= 11 is 0. The lowest BCUT2D eigenvalue weighted by Crippen LogP contribution is -2.16. The zero-order valence-corrected chi connectivity index (χ0v) is 9.38. The van der Waals surface area contributed by atoms with Crippen molar-refractivity contribution in [3.63, 3.8) is 0 Å². The summed E-state index contributed by atoms with van der Waals surface area (Å²) in [6.07, 6.45) is 5.55. The van der Waals surface area contributed by atoms with Crippen molar-refractivity contribution in [3.05, 3.63) is 42.1 Å². The monoisotopic (exact) mass is 225 g/mol. The van der Waals surface area contributed by atoms with E-state index >= 15 is 0 Å². The lowest BCUT2D eigenvalue weighted by Gasteiger charge is -2.02. The Morgan fingerprint density at radius 1 is 1.35 bits per heavy atom. The van der Waals surface area contributed by atoms with Crippen molar-refractivity contribution in [2.75, 3.05) is 13.7 Å². The van der Waals surface area contributed by atoms with Crippen LogP contribution < -0.4 is 5.32 Å². The number of nitrogens with one attached hydrogen (secondary N) is 1. The predicted octanol–water partition coefficient (Wildman–Crippen LogP) is 0.415. The van der Waals surface area contributed by atoms with E-state index in [1.807, 2.05) is 36.5 Å². The molecule has 2 aromatic heterocycles. The first kappa shape index (κ1) is 9.73. The average molecular weight is 225 g/mol. The molecule has 0 fully saturated rings. The largest absolute Gasteiger partial charge is 0.361 e. The fourth-order valence-electron chi connectivity index (χ4n) is 1.61. The average Bonchev–Trinajstić information content (AvgIpc) is 2.94. The lowest BCUT2D eigenvalue weighted by atomic mass is 10.3. The molecule has 0 saturated heterocycles. The van der Waals surface area contributed by atoms with Crippen LogP contribution in [0.1, 0.15) is 5.69 Å². The van der Waals surface area contributed by atoms with Crippen molar-refractivity contribution < 1.29 is 0 Å². The van der Waals surface area contributed by atoms with E-state index in [-0.39, 0.29) is 0 Å². The second kappa shape index (κ2) is 3.83. The highest BCUT2D eigenvalue weighted by atomic mass is 15.2. The summed E-state index contributed by atoms with van der Waals surface area (Å²) in [4.78, 5) is 6.41. The summed E-state index contributed by atoms with van der Waals surface area (Å²) in [5.41, 5.74) is 2.47. The minimum atomic E-state index is 0.746. The fraction of sp³-hybridized carbons (Fsp3) is 0.167. The molecule has 2 aromatic rings. The number of nitrogens with zero attached hydrogens (tertiary/aromatic N) is 4. The Balaban J connectivity index is 1.89. The van der Waals surface area contributed by atoms with Gasteiger partial charge < -0.3 is 10.2 Å². The Bertz CT molecular complexity index is 643. The highest BCUT2D eigenvalue weighted by molar-refractivity contribution is 5.43. The number of fused-ring (bicyclic) bond motifs is 1. The summed E-state index contributed by atoms with van der Waals surface area (Å²) in [6.45, 7) is 0.805. The molecule has 3 rings (SSSR count). The molecule has 5 nitrogen and oxygen atoms in total. The molecule has 0 amide bonds. The van der Waals surface area contributed by atoms with Crippen LogP contribution in [0.25, 0.3) is 5.65 Å². The first-order valence-corrected chi connectivity index (χ1v) is 5.30. The van der Waals surface area contributed by atoms with Crippen molar-refractivity contribution >= 4 is 5.65 Å². The van der Waals surface area contributed by atoms with E-state index in [9.17, 15) is 0 Å². The number of hydrogen-bond donors (Lipinski definition) is 1. The third-order valence-corrected chi connectivity index (χ3v) is 2.45. The van der Waals surface area contributed by atoms with E-state index in [1.54, 1.807) is 10.7 Å². The van der Waals surface area contributed by atoms with Gasteiger partial charge >= 0.3 is 0 Å². The van der Waals surface area contributed by atoms with Gasteiger partial charge in [-0.25, -0.2) is 9.50 Å². The van der Waals surface area contributed by atoms with E-state index in [4.69, 9.17) is 0 Å². The molecule has 0 bridgehead atoms. The molecule has 0 spiro atoms. The van der Waals surface area contributed by atoms with Crippen LogP contribution in [0.5, 0.6) is 0 Å². The highest BCUT2D eigenvalue weighted by Gasteiger charge is 2.03. The number of rotatable bonds is 0. The summed E-state index contributed by atoms with van der Waals surface area (Å²) in [7, 11) is 2.00. The van der Waals surface area contributed by atoms with Crippen LogP contribution in [-0.2, 0) is 0 Å². The Hall–Kier alpha value is -2.48. The molecule has 0 aromatic carbocycles. The molecule has 1 N–H and O–H groups in total. The van der Waals surface area contributed by atoms with Crippen molar-refractivity contribution in [1.82, 2.24) is 24.8 Å². The zero-order valence-electron chi connectivity index (χ0n) is 9.38. The first-order chi connectivity index (χ1) is 8.31. The summed E-state index contributed by atoms with van der Waals surface area (Å²) in [5, 5.41) is 7.26. The van der Waals surface area contributed by atoms with Gasteiger partial charge in [0.05, 0.1) is 12.9 Å². The van der Waals surface area contributed by atoms with Gasteiger partial charge in [0.15, 0.2) is 5.65 Å². The maximum atomic E-state index is 4.37. The van der Waals surface area contributed by atoms with Crippen LogP contribution in [0.15, 0.2) is 36.4 Å². The normalized spacial score (nSPS) is 14.2. The topological polar surface area (TPSA) is 45.5 Å². The van der Waals surface area contributed by atoms with Crippen LogP contribution in [0, 0.1) is 11.8 Å². The smallest absolute Gasteiger partial charge is 0.156 e. The third kappa shape index (κ3) is 1.93. The van der Waals surface area contributed by atoms with Crippen molar-refractivity contribution in [1.29, 1.82) is 0 Å². The van der Waals surface area contributed by atoms with E-state index in [2.05, 4.69) is 27.2 Å². The molecule has 1 aliphatic heterocycles. The van der Waals surface area contributed by atoms with Gasteiger partial charge in [-0.1, -0.05) is 0 Å². The van der Waals surface area contributed by atoms with Crippen LogP contribution in [-0.4, -0.2) is 33.2 Å². The molecule has 17 heavy (non-hydrogen) atoms. The van der Waals surface area contributed by atoms with Crippen molar-refractivity contribution in [2.24, 2.45) is 0 Å².